The molecule has 8 heavy (non-hydrogen) atoms. The number of hydrogen-bond donors (Lipinski definition) is 0. The van der Waals surface area contributed by atoms with Crippen LogP contribution < -0.4 is 0 Å². The summed E-state index contributed by atoms with van der Waals surface area (Å²) in [5.74, 6) is 0. The maximum atomic E-state index is 8.35. The van der Waals surface area contributed by atoms with Crippen molar-refractivity contribution in [3.63, 3.8) is 0 Å². The van der Waals surface area contributed by atoms with Crippen LogP contribution in [0.2, 0.25) is 0 Å². The van der Waals surface area contributed by atoms with Gasteiger partial charge in [0.15, 0.2) is 0 Å². The number of thiophene rings is 1. The first-order chi connectivity index (χ1) is 4.67. The first-order valence-corrected chi connectivity index (χ1v) is 3.05. The molecule has 1 aromatic rings. The van der Waals surface area contributed by atoms with Crippen molar-refractivity contribution in [3.8, 4) is 6.07 Å². The van der Waals surface area contributed by atoms with Gasteiger partial charge in [0.1, 0.15) is 0 Å². The molecule has 0 aliphatic carbocycles. The lowest BCUT2D eigenvalue weighted by Gasteiger charge is -1.76. The van der Waals surface area contributed by atoms with Crippen LogP contribution in [0.25, 0.3) is 0 Å². The van der Waals surface area contributed by atoms with Crippen LogP contribution in [-0.4, -0.2) is 0 Å². The molecule has 0 bridgehead atoms. The van der Waals surface area contributed by atoms with Crippen molar-refractivity contribution in [2.45, 2.75) is 6.37 Å². The van der Waals surface area contributed by atoms with Crippen LogP contribution in [0.1, 0.15) is 8.30 Å². The number of rotatable bonds is 1. The number of nitriles is 1. The third-order valence-corrected chi connectivity index (χ3v) is 1.40. The van der Waals surface area contributed by atoms with Crippen LogP contribution in [-0.2, 0) is 6.37 Å². The molecule has 0 aromatic carbocycles. The molecule has 1 rings (SSSR count). The largest absolute Gasteiger partial charge is 0.198 e. The molecule has 0 fully saturated rings. The van der Waals surface area contributed by atoms with Crippen molar-refractivity contribution in [2.24, 2.45) is 0 Å². The van der Waals surface area contributed by atoms with Crippen LogP contribution in [0.5, 0.6) is 0 Å². The quantitative estimate of drug-likeness (QED) is 0.561. The van der Waals surface area contributed by atoms with Crippen molar-refractivity contribution in [3.05, 3.63) is 22.4 Å². The molecular formula is C6H5NS. The highest BCUT2D eigenvalue weighted by atomic mass is 32.1. The Hall–Kier alpha value is -0.810. The highest BCUT2D eigenvalue weighted by Gasteiger charge is 1.86. The first kappa shape index (κ1) is 3.26. The standard InChI is InChI=1S/C6H5NS/c7-3-1-6-2-4-8-5-6/h2,4-5H,1H2/i1D2. The molecule has 0 spiro atoms. The van der Waals surface area contributed by atoms with Crippen LogP contribution in [0, 0.1) is 11.3 Å². The molecule has 1 aromatic heterocycles. The molecule has 0 N–H and O–H groups in total. The molecule has 0 unspecified atom stereocenters. The summed E-state index contributed by atoms with van der Waals surface area (Å²) in [6, 6.07) is 3.20. The molecule has 0 aliphatic heterocycles. The molecule has 0 amide bonds. The fourth-order valence-electron chi connectivity index (χ4n) is 0.400. The van der Waals surface area contributed by atoms with Gasteiger partial charge < -0.3 is 0 Å². The Morgan fingerprint density at radius 3 is 3.38 bits per heavy atom. The Labute approximate surface area is 55.0 Å². The molecule has 0 aliphatic rings. The second kappa shape index (κ2) is 2.49. The van der Waals surface area contributed by atoms with Gasteiger partial charge in [-0.25, -0.2) is 0 Å². The lowest BCUT2D eigenvalue weighted by Crippen LogP contribution is -1.70. The van der Waals surface area contributed by atoms with Gasteiger partial charge in [-0.3, -0.25) is 0 Å². The topological polar surface area (TPSA) is 23.8 Å². The minimum atomic E-state index is -1.82. The maximum Gasteiger partial charge on any atom is 0.0670 e. The minimum absolute atomic E-state index is 0.444. The Balaban J connectivity index is 2.99. The van der Waals surface area contributed by atoms with E-state index in [2.05, 4.69) is 0 Å². The van der Waals surface area contributed by atoms with Crippen molar-refractivity contribution in [1.29, 1.82) is 5.26 Å². The zero-order valence-electron chi connectivity index (χ0n) is 6.09. The van der Waals surface area contributed by atoms with Gasteiger partial charge in [-0.15, -0.1) is 0 Å². The SMILES string of the molecule is [2H]C([2H])(C#N)c1ccsc1. The zero-order valence-corrected chi connectivity index (χ0v) is 4.90. The fraction of sp³-hybridized carbons (Fsp3) is 0.167. The summed E-state index contributed by atoms with van der Waals surface area (Å²) in [6.45, 7) is 0. The summed E-state index contributed by atoms with van der Waals surface area (Å²) >= 11 is 1.39. The molecule has 1 nitrogen and oxygen atoms in total. The minimum Gasteiger partial charge on any atom is -0.198 e. The number of nitrogens with zero attached hydrogens (tertiary/aromatic N) is 1. The summed E-state index contributed by atoms with van der Waals surface area (Å²) in [5, 5.41) is 11.7. The van der Waals surface area contributed by atoms with E-state index in [1.54, 1.807) is 22.9 Å². The van der Waals surface area contributed by atoms with Gasteiger partial charge in [-0.05, 0) is 22.4 Å². The summed E-state index contributed by atoms with van der Waals surface area (Å²) in [7, 11) is 0. The molecule has 0 atom stereocenters. The van der Waals surface area contributed by atoms with Crippen LogP contribution in [0.15, 0.2) is 16.8 Å². The third kappa shape index (κ3) is 1.08. The molecule has 1 heterocycles. The van der Waals surface area contributed by atoms with E-state index in [0.29, 0.717) is 5.56 Å². The summed E-state index contributed by atoms with van der Waals surface area (Å²) < 4.78 is 14.3. The van der Waals surface area contributed by atoms with Crippen molar-refractivity contribution in [2.75, 3.05) is 0 Å². The average Bonchev–Trinajstić information content (AvgIpc) is 2.38. The Morgan fingerprint density at radius 1 is 2.00 bits per heavy atom. The smallest absolute Gasteiger partial charge is 0.0670 e. The van der Waals surface area contributed by atoms with Crippen LogP contribution in [0.4, 0.5) is 0 Å². The molecule has 0 saturated heterocycles. The van der Waals surface area contributed by atoms with E-state index in [4.69, 9.17) is 8.00 Å². The molecule has 0 saturated carbocycles. The summed E-state index contributed by atoms with van der Waals surface area (Å²) in [5.41, 5.74) is 0.444. The lowest BCUT2D eigenvalue weighted by molar-refractivity contribution is 1.29. The van der Waals surface area contributed by atoms with E-state index in [-0.39, 0.29) is 0 Å². The fourth-order valence-corrected chi connectivity index (χ4v) is 0.988. The highest BCUT2D eigenvalue weighted by Crippen LogP contribution is 2.04. The third-order valence-electron chi connectivity index (χ3n) is 0.721. The normalized spacial score (nSPS) is 13.9. The first-order valence-electron chi connectivity index (χ1n) is 3.11. The van der Waals surface area contributed by atoms with Gasteiger partial charge in [0.2, 0.25) is 0 Å². The monoisotopic (exact) mass is 125 g/mol. The van der Waals surface area contributed by atoms with Crippen molar-refractivity contribution in [1.82, 2.24) is 0 Å². The van der Waals surface area contributed by atoms with E-state index in [1.165, 1.54) is 11.3 Å². The second-order valence-corrected chi connectivity index (χ2v) is 2.03. The Morgan fingerprint density at radius 2 is 2.88 bits per heavy atom. The predicted octanol–water partition coefficient (Wildman–Crippen LogP) is 1.81. The van der Waals surface area contributed by atoms with Gasteiger partial charge in [0, 0.05) is 2.74 Å². The summed E-state index contributed by atoms with van der Waals surface area (Å²) in [4.78, 5) is 0. The molecule has 2 heteroatoms. The van der Waals surface area contributed by atoms with E-state index in [0.717, 1.165) is 0 Å². The lowest BCUT2D eigenvalue weighted by atomic mass is 10.3. The highest BCUT2D eigenvalue weighted by molar-refractivity contribution is 7.07. The van der Waals surface area contributed by atoms with E-state index >= 15 is 0 Å². The van der Waals surface area contributed by atoms with Crippen LogP contribution >= 0.6 is 11.3 Å². The maximum absolute atomic E-state index is 8.35. The Kier molecular flexibility index (Phi) is 1.01. The molecular weight excluding hydrogens is 118 g/mol. The van der Waals surface area contributed by atoms with Crippen molar-refractivity contribution < 1.29 is 2.74 Å². The van der Waals surface area contributed by atoms with Gasteiger partial charge in [0.05, 0.1) is 12.4 Å². The van der Waals surface area contributed by atoms with Gasteiger partial charge >= 0.3 is 0 Å². The Bertz CT molecular complexity index is 247. The van der Waals surface area contributed by atoms with Gasteiger partial charge in [-0.1, -0.05) is 0 Å². The van der Waals surface area contributed by atoms with Gasteiger partial charge in [-0.2, -0.15) is 16.6 Å². The van der Waals surface area contributed by atoms with E-state index < -0.39 is 6.37 Å². The summed E-state index contributed by atoms with van der Waals surface area (Å²) in [6.07, 6.45) is -1.82. The van der Waals surface area contributed by atoms with E-state index in [9.17, 15) is 0 Å². The molecule has 40 valence electrons. The van der Waals surface area contributed by atoms with E-state index in [1.807, 2.05) is 0 Å². The molecule has 0 radical (unpaired) electrons. The predicted molar refractivity (Wildman–Crippen MR) is 33.6 cm³/mol. The average molecular weight is 125 g/mol. The van der Waals surface area contributed by atoms with Crippen LogP contribution in [0.3, 0.4) is 0 Å². The van der Waals surface area contributed by atoms with Gasteiger partial charge in [0.25, 0.3) is 0 Å². The second-order valence-electron chi connectivity index (χ2n) is 1.25. The zero-order chi connectivity index (χ0) is 7.61. The van der Waals surface area contributed by atoms with Crippen molar-refractivity contribution >= 4 is 11.3 Å². The number of hydrogen-bond acceptors (Lipinski definition) is 2.